The van der Waals surface area contributed by atoms with Crippen molar-refractivity contribution in [2.75, 3.05) is 18.9 Å². The molecule has 0 heterocycles. The molecular weight excluding hydrogens is 216 g/mol. The molecule has 1 aromatic carbocycles. The number of hydrogen-bond donors (Lipinski definition) is 2. The van der Waals surface area contributed by atoms with Gasteiger partial charge in [-0.15, -0.1) is 0 Å². The van der Waals surface area contributed by atoms with Gasteiger partial charge in [0.15, 0.2) is 6.61 Å². The Kier molecular flexibility index (Phi) is 5.64. The summed E-state index contributed by atoms with van der Waals surface area (Å²) in [6, 6.07) is 6.95. The molecule has 0 bridgehead atoms. The maximum absolute atomic E-state index is 11.4. The van der Waals surface area contributed by atoms with Crippen molar-refractivity contribution in [1.29, 1.82) is 0 Å². The number of nitrogens with two attached hydrogens (primary N) is 1. The summed E-state index contributed by atoms with van der Waals surface area (Å²) in [4.78, 5) is 11.4. The molecule has 92 valence electrons. The van der Waals surface area contributed by atoms with Gasteiger partial charge in [-0.1, -0.05) is 12.2 Å². The third-order valence-corrected chi connectivity index (χ3v) is 2.12. The van der Waals surface area contributed by atoms with Crippen LogP contribution < -0.4 is 15.8 Å². The first-order chi connectivity index (χ1) is 8.22. The molecule has 0 aliphatic carbocycles. The number of benzene rings is 1. The number of amides is 1. The molecular formula is C13H18N2O2. The zero-order valence-electron chi connectivity index (χ0n) is 9.98. The van der Waals surface area contributed by atoms with E-state index in [2.05, 4.69) is 5.32 Å². The summed E-state index contributed by atoms with van der Waals surface area (Å²) >= 11 is 0. The van der Waals surface area contributed by atoms with Crippen molar-refractivity contribution < 1.29 is 9.53 Å². The fourth-order valence-electron chi connectivity index (χ4n) is 1.23. The van der Waals surface area contributed by atoms with Crippen LogP contribution in [-0.2, 0) is 4.79 Å². The monoisotopic (exact) mass is 234 g/mol. The van der Waals surface area contributed by atoms with Crippen molar-refractivity contribution >= 4 is 11.6 Å². The Bertz CT molecular complexity index is 372. The van der Waals surface area contributed by atoms with Gasteiger partial charge in [-0.3, -0.25) is 4.79 Å². The van der Waals surface area contributed by atoms with E-state index in [1.807, 2.05) is 19.1 Å². The maximum Gasteiger partial charge on any atom is 0.257 e. The minimum absolute atomic E-state index is 0.0275. The molecule has 17 heavy (non-hydrogen) atoms. The van der Waals surface area contributed by atoms with E-state index >= 15 is 0 Å². The van der Waals surface area contributed by atoms with Crippen LogP contribution in [-0.4, -0.2) is 19.1 Å². The van der Waals surface area contributed by atoms with Gasteiger partial charge >= 0.3 is 0 Å². The minimum Gasteiger partial charge on any atom is -0.484 e. The molecule has 0 unspecified atom stereocenters. The van der Waals surface area contributed by atoms with Crippen LogP contribution in [0.25, 0.3) is 0 Å². The standard InChI is InChI=1S/C13H18N2O2/c1-2-3-4-9-15-13(16)10-17-12-7-5-11(14)6-8-12/h2-3,5-8H,4,9-10,14H2,1H3,(H,15,16)/b3-2+. The maximum atomic E-state index is 11.4. The Labute approximate surface area is 101 Å². The summed E-state index contributed by atoms with van der Waals surface area (Å²) in [6.45, 7) is 2.61. The van der Waals surface area contributed by atoms with Gasteiger partial charge in [0.1, 0.15) is 5.75 Å². The Hall–Kier alpha value is -1.97. The van der Waals surface area contributed by atoms with Crippen LogP contribution in [0.4, 0.5) is 5.69 Å². The van der Waals surface area contributed by atoms with Crippen LogP contribution in [0.1, 0.15) is 13.3 Å². The summed E-state index contributed by atoms with van der Waals surface area (Å²) in [6.07, 6.45) is 4.79. The highest BCUT2D eigenvalue weighted by atomic mass is 16.5. The number of carbonyl (C=O) groups is 1. The highest BCUT2D eigenvalue weighted by molar-refractivity contribution is 5.77. The third-order valence-electron chi connectivity index (χ3n) is 2.12. The summed E-state index contributed by atoms with van der Waals surface area (Å²) in [5.41, 5.74) is 6.21. The smallest absolute Gasteiger partial charge is 0.257 e. The average molecular weight is 234 g/mol. The first kappa shape index (κ1) is 13.1. The van der Waals surface area contributed by atoms with Crippen LogP contribution in [0.3, 0.4) is 0 Å². The molecule has 0 spiro atoms. The van der Waals surface area contributed by atoms with Crippen molar-refractivity contribution in [3.63, 3.8) is 0 Å². The lowest BCUT2D eigenvalue weighted by molar-refractivity contribution is -0.123. The van der Waals surface area contributed by atoms with E-state index in [-0.39, 0.29) is 12.5 Å². The largest absolute Gasteiger partial charge is 0.484 e. The second-order valence-corrected chi connectivity index (χ2v) is 3.57. The first-order valence-corrected chi connectivity index (χ1v) is 5.58. The van der Waals surface area contributed by atoms with Crippen LogP contribution in [0.5, 0.6) is 5.75 Å². The zero-order valence-corrected chi connectivity index (χ0v) is 9.98. The molecule has 4 heteroatoms. The summed E-state index contributed by atoms with van der Waals surface area (Å²) in [5.74, 6) is 0.522. The fraction of sp³-hybridized carbons (Fsp3) is 0.308. The lowest BCUT2D eigenvalue weighted by atomic mass is 10.3. The van der Waals surface area contributed by atoms with E-state index in [0.717, 1.165) is 6.42 Å². The normalized spacial score (nSPS) is 10.4. The lowest BCUT2D eigenvalue weighted by Gasteiger charge is -2.06. The van der Waals surface area contributed by atoms with Gasteiger partial charge in [0.05, 0.1) is 0 Å². The number of nitrogen functional groups attached to an aromatic ring is 1. The molecule has 1 amide bonds. The molecule has 0 atom stereocenters. The van der Waals surface area contributed by atoms with Crippen molar-refractivity contribution in [2.24, 2.45) is 0 Å². The molecule has 0 aliphatic heterocycles. The van der Waals surface area contributed by atoms with Crippen LogP contribution in [0.15, 0.2) is 36.4 Å². The van der Waals surface area contributed by atoms with E-state index in [1.54, 1.807) is 24.3 Å². The number of carbonyl (C=O) groups excluding carboxylic acids is 1. The van der Waals surface area contributed by atoms with Gasteiger partial charge in [-0.2, -0.15) is 0 Å². The van der Waals surface area contributed by atoms with Gasteiger partial charge < -0.3 is 15.8 Å². The van der Waals surface area contributed by atoms with E-state index in [9.17, 15) is 4.79 Å². The van der Waals surface area contributed by atoms with Crippen LogP contribution >= 0.6 is 0 Å². The minimum atomic E-state index is -0.119. The number of anilines is 1. The summed E-state index contributed by atoms with van der Waals surface area (Å²) in [7, 11) is 0. The average Bonchev–Trinajstić information content (AvgIpc) is 2.34. The molecule has 0 saturated heterocycles. The van der Waals surface area contributed by atoms with Gasteiger partial charge in [-0.25, -0.2) is 0 Å². The Balaban J connectivity index is 2.21. The number of ether oxygens (including phenoxy) is 1. The molecule has 0 fully saturated rings. The fourth-order valence-corrected chi connectivity index (χ4v) is 1.23. The molecule has 4 nitrogen and oxygen atoms in total. The molecule has 0 saturated carbocycles. The highest BCUT2D eigenvalue weighted by Crippen LogP contribution is 2.12. The van der Waals surface area contributed by atoms with E-state index in [4.69, 9.17) is 10.5 Å². The third kappa shape index (κ3) is 5.61. The SMILES string of the molecule is C/C=C/CCNC(=O)COc1ccc(N)cc1. The number of rotatable bonds is 6. The van der Waals surface area contributed by atoms with Crippen molar-refractivity contribution in [3.8, 4) is 5.75 Å². The Morgan fingerprint density at radius 1 is 1.41 bits per heavy atom. The predicted molar refractivity (Wildman–Crippen MR) is 68.8 cm³/mol. The molecule has 0 aliphatic rings. The quantitative estimate of drug-likeness (QED) is 0.447. The molecule has 1 aromatic rings. The Morgan fingerprint density at radius 2 is 2.12 bits per heavy atom. The van der Waals surface area contributed by atoms with Gasteiger partial charge in [0.2, 0.25) is 0 Å². The van der Waals surface area contributed by atoms with E-state index in [0.29, 0.717) is 18.0 Å². The number of hydrogen-bond acceptors (Lipinski definition) is 3. The number of allylic oxidation sites excluding steroid dienone is 1. The highest BCUT2D eigenvalue weighted by Gasteiger charge is 2.01. The second-order valence-electron chi connectivity index (χ2n) is 3.57. The summed E-state index contributed by atoms with van der Waals surface area (Å²) in [5, 5.41) is 2.76. The van der Waals surface area contributed by atoms with Crippen molar-refractivity contribution in [1.82, 2.24) is 5.32 Å². The zero-order chi connectivity index (χ0) is 12.5. The van der Waals surface area contributed by atoms with Crippen molar-refractivity contribution in [3.05, 3.63) is 36.4 Å². The van der Waals surface area contributed by atoms with Gasteiger partial charge in [0.25, 0.3) is 5.91 Å². The van der Waals surface area contributed by atoms with Gasteiger partial charge in [-0.05, 0) is 37.6 Å². The molecule has 0 radical (unpaired) electrons. The van der Waals surface area contributed by atoms with Crippen LogP contribution in [0.2, 0.25) is 0 Å². The first-order valence-electron chi connectivity index (χ1n) is 5.58. The topological polar surface area (TPSA) is 64.3 Å². The molecule has 0 aromatic heterocycles. The van der Waals surface area contributed by atoms with E-state index in [1.165, 1.54) is 0 Å². The predicted octanol–water partition coefficient (Wildman–Crippen LogP) is 1.73. The van der Waals surface area contributed by atoms with E-state index < -0.39 is 0 Å². The second kappa shape index (κ2) is 7.33. The lowest BCUT2D eigenvalue weighted by Crippen LogP contribution is -2.29. The Morgan fingerprint density at radius 3 is 2.76 bits per heavy atom. The summed E-state index contributed by atoms with van der Waals surface area (Å²) < 4.78 is 5.29. The molecule has 3 N–H and O–H groups in total. The van der Waals surface area contributed by atoms with Crippen molar-refractivity contribution in [2.45, 2.75) is 13.3 Å². The van der Waals surface area contributed by atoms with Crippen LogP contribution in [0, 0.1) is 0 Å². The molecule has 1 rings (SSSR count). The van der Waals surface area contributed by atoms with Gasteiger partial charge in [0, 0.05) is 12.2 Å². The number of nitrogens with one attached hydrogen (secondary N) is 1.